The number of nitrogens with one attached hydrogen (secondary N) is 1. The van der Waals surface area contributed by atoms with Crippen molar-refractivity contribution in [2.24, 2.45) is 5.41 Å². The van der Waals surface area contributed by atoms with E-state index in [1.165, 1.54) is 17.5 Å². The molecule has 18 heavy (non-hydrogen) atoms. The Bertz CT molecular complexity index is 359. The van der Waals surface area contributed by atoms with Crippen LogP contribution in [0.15, 0.2) is 18.2 Å². The topological polar surface area (TPSA) is 12.0 Å². The van der Waals surface area contributed by atoms with Crippen molar-refractivity contribution in [2.45, 2.75) is 53.5 Å². The summed E-state index contributed by atoms with van der Waals surface area (Å²) in [6.07, 6.45) is 2.35. The van der Waals surface area contributed by atoms with E-state index in [4.69, 9.17) is 11.6 Å². The quantitative estimate of drug-likeness (QED) is 0.780. The van der Waals surface area contributed by atoms with Crippen molar-refractivity contribution in [3.63, 3.8) is 0 Å². The Morgan fingerprint density at radius 2 is 1.89 bits per heavy atom. The van der Waals surface area contributed by atoms with Gasteiger partial charge in [-0.25, -0.2) is 0 Å². The Balaban J connectivity index is 2.83. The summed E-state index contributed by atoms with van der Waals surface area (Å²) in [6, 6.07) is 6.75. The first-order valence-electron chi connectivity index (χ1n) is 6.82. The number of hydrogen-bond donors (Lipinski definition) is 1. The van der Waals surface area contributed by atoms with Gasteiger partial charge in [0.25, 0.3) is 0 Å². The summed E-state index contributed by atoms with van der Waals surface area (Å²) < 4.78 is 0. The molecule has 102 valence electrons. The minimum atomic E-state index is 0.376. The Morgan fingerprint density at radius 3 is 2.39 bits per heavy atom. The van der Waals surface area contributed by atoms with Gasteiger partial charge in [0.15, 0.2) is 0 Å². The lowest BCUT2D eigenvalue weighted by molar-refractivity contribution is 0.334. The lowest BCUT2D eigenvalue weighted by atomic mass is 9.87. The maximum absolute atomic E-state index is 6.16. The maximum Gasteiger partial charge on any atom is 0.0411 e. The second-order valence-electron chi connectivity index (χ2n) is 6.27. The van der Waals surface area contributed by atoms with Crippen LogP contribution in [0.1, 0.15) is 57.7 Å². The summed E-state index contributed by atoms with van der Waals surface area (Å²) in [5, 5.41) is 4.40. The third-order valence-corrected chi connectivity index (χ3v) is 3.32. The van der Waals surface area contributed by atoms with E-state index in [0.29, 0.717) is 11.5 Å². The first-order valence-corrected chi connectivity index (χ1v) is 7.20. The molecular weight excluding hydrogens is 242 g/mol. The number of aryl methyl sites for hydroxylation is 1. The smallest absolute Gasteiger partial charge is 0.0411 e. The van der Waals surface area contributed by atoms with E-state index in [9.17, 15) is 0 Å². The van der Waals surface area contributed by atoms with E-state index in [1.54, 1.807) is 0 Å². The number of rotatable bonds is 5. The Kier molecular flexibility index (Phi) is 5.68. The van der Waals surface area contributed by atoms with E-state index < -0.39 is 0 Å². The third-order valence-electron chi connectivity index (χ3n) is 3.10. The van der Waals surface area contributed by atoms with Crippen LogP contribution >= 0.6 is 11.6 Å². The zero-order chi connectivity index (χ0) is 13.8. The molecule has 0 aliphatic carbocycles. The average molecular weight is 268 g/mol. The fourth-order valence-electron chi connectivity index (χ4n) is 2.18. The number of hydrogen-bond acceptors (Lipinski definition) is 1. The van der Waals surface area contributed by atoms with Crippen molar-refractivity contribution in [2.75, 3.05) is 6.54 Å². The molecular formula is C16H26ClN. The lowest BCUT2D eigenvalue weighted by Gasteiger charge is -2.24. The third kappa shape index (κ3) is 5.41. The van der Waals surface area contributed by atoms with Crippen LogP contribution in [0, 0.1) is 12.3 Å². The van der Waals surface area contributed by atoms with Crippen LogP contribution < -0.4 is 5.32 Å². The highest BCUT2D eigenvalue weighted by molar-refractivity contribution is 6.30. The highest BCUT2D eigenvalue weighted by Crippen LogP contribution is 2.29. The molecule has 0 aliphatic rings. The van der Waals surface area contributed by atoms with Crippen LogP contribution in [-0.2, 0) is 0 Å². The van der Waals surface area contributed by atoms with Gasteiger partial charge in [0, 0.05) is 11.1 Å². The number of benzene rings is 1. The molecule has 1 rings (SSSR count). The molecule has 1 atom stereocenters. The Labute approximate surface area is 117 Å². The molecule has 0 saturated heterocycles. The molecule has 0 aromatic heterocycles. The van der Waals surface area contributed by atoms with E-state index in [1.807, 2.05) is 6.07 Å². The van der Waals surface area contributed by atoms with Gasteiger partial charge in [-0.3, -0.25) is 0 Å². The van der Waals surface area contributed by atoms with Gasteiger partial charge in [-0.1, -0.05) is 45.4 Å². The minimum absolute atomic E-state index is 0.376. The van der Waals surface area contributed by atoms with Gasteiger partial charge in [0.05, 0.1) is 0 Å². The molecule has 0 radical (unpaired) electrons. The van der Waals surface area contributed by atoms with Gasteiger partial charge in [0.1, 0.15) is 0 Å². The van der Waals surface area contributed by atoms with Crippen LogP contribution in [0.25, 0.3) is 0 Å². The van der Waals surface area contributed by atoms with Crippen LogP contribution in [-0.4, -0.2) is 6.54 Å². The van der Waals surface area contributed by atoms with Crippen molar-refractivity contribution >= 4 is 11.6 Å². The molecule has 0 bridgehead atoms. The van der Waals surface area contributed by atoms with Crippen molar-refractivity contribution in [3.05, 3.63) is 34.3 Å². The average Bonchev–Trinajstić information content (AvgIpc) is 2.21. The van der Waals surface area contributed by atoms with Gasteiger partial charge < -0.3 is 5.32 Å². The monoisotopic (exact) mass is 267 g/mol. The van der Waals surface area contributed by atoms with Gasteiger partial charge >= 0.3 is 0 Å². The lowest BCUT2D eigenvalue weighted by Crippen LogP contribution is -2.22. The fourth-order valence-corrected chi connectivity index (χ4v) is 2.47. The molecule has 0 fully saturated rings. The molecule has 1 aromatic rings. The molecule has 1 aromatic carbocycles. The van der Waals surface area contributed by atoms with Gasteiger partial charge in [0.2, 0.25) is 0 Å². The van der Waals surface area contributed by atoms with Crippen LogP contribution in [0.2, 0.25) is 5.02 Å². The first kappa shape index (κ1) is 15.5. The molecule has 0 heterocycles. The molecule has 0 saturated carbocycles. The van der Waals surface area contributed by atoms with Crippen LogP contribution in [0.3, 0.4) is 0 Å². The zero-order valence-corrected chi connectivity index (χ0v) is 13.1. The van der Waals surface area contributed by atoms with Crippen molar-refractivity contribution in [3.8, 4) is 0 Å². The summed E-state index contributed by atoms with van der Waals surface area (Å²) in [5.74, 6) is 0. The molecule has 0 aliphatic heterocycles. The number of halogens is 1. The second-order valence-corrected chi connectivity index (χ2v) is 6.71. The highest BCUT2D eigenvalue weighted by atomic mass is 35.5. The van der Waals surface area contributed by atoms with Gasteiger partial charge in [-0.15, -0.1) is 0 Å². The maximum atomic E-state index is 6.16. The summed E-state index contributed by atoms with van der Waals surface area (Å²) >= 11 is 6.16. The normalized spacial score (nSPS) is 13.7. The van der Waals surface area contributed by atoms with Crippen molar-refractivity contribution in [1.82, 2.24) is 5.32 Å². The minimum Gasteiger partial charge on any atom is -0.310 e. The summed E-state index contributed by atoms with van der Waals surface area (Å²) in [5.41, 5.74) is 2.92. The fraction of sp³-hybridized carbons (Fsp3) is 0.625. The van der Waals surface area contributed by atoms with E-state index in [0.717, 1.165) is 18.0 Å². The molecule has 2 heteroatoms. The van der Waals surface area contributed by atoms with E-state index >= 15 is 0 Å². The predicted octanol–water partition coefficient (Wildman–Crippen LogP) is 5.13. The zero-order valence-electron chi connectivity index (χ0n) is 12.3. The summed E-state index contributed by atoms with van der Waals surface area (Å²) in [7, 11) is 0. The molecule has 0 amide bonds. The SMILES string of the molecule is CCNC(CCC(C)(C)C)c1cc(C)cc(Cl)c1. The standard InChI is InChI=1S/C16H26ClN/c1-6-18-15(7-8-16(3,4)5)13-9-12(2)10-14(17)11-13/h9-11,15,18H,6-8H2,1-5H3. The summed E-state index contributed by atoms with van der Waals surface area (Å²) in [4.78, 5) is 0. The first-order chi connectivity index (χ1) is 8.31. The van der Waals surface area contributed by atoms with Gasteiger partial charge in [-0.2, -0.15) is 0 Å². The highest BCUT2D eigenvalue weighted by Gasteiger charge is 2.16. The second kappa shape index (κ2) is 6.58. The Hall–Kier alpha value is -0.530. The van der Waals surface area contributed by atoms with E-state index in [2.05, 4.69) is 52.1 Å². The predicted molar refractivity (Wildman–Crippen MR) is 81.3 cm³/mol. The molecule has 1 nitrogen and oxygen atoms in total. The Morgan fingerprint density at radius 1 is 1.22 bits per heavy atom. The van der Waals surface area contributed by atoms with E-state index in [-0.39, 0.29) is 0 Å². The van der Waals surface area contributed by atoms with Crippen LogP contribution in [0.5, 0.6) is 0 Å². The van der Waals surface area contributed by atoms with Gasteiger partial charge in [-0.05, 0) is 55.0 Å². The molecule has 1 N–H and O–H groups in total. The molecule has 0 spiro atoms. The largest absolute Gasteiger partial charge is 0.310 e. The van der Waals surface area contributed by atoms with Crippen molar-refractivity contribution < 1.29 is 0 Å². The summed E-state index contributed by atoms with van der Waals surface area (Å²) in [6.45, 7) is 12.1. The van der Waals surface area contributed by atoms with Crippen molar-refractivity contribution in [1.29, 1.82) is 0 Å². The van der Waals surface area contributed by atoms with Crippen LogP contribution in [0.4, 0.5) is 0 Å². The molecule has 1 unspecified atom stereocenters.